The Bertz CT molecular complexity index is 317. The Morgan fingerprint density at radius 2 is 2.17 bits per heavy atom. The Morgan fingerprint density at radius 3 is 3.00 bits per heavy atom. The molecule has 2 nitrogen and oxygen atoms in total. The summed E-state index contributed by atoms with van der Waals surface area (Å²) in [4.78, 5) is 0. The standard InChI is InChI=1S/C10H11NO/c1-11-9-6-7-12-10-5-3-2-4-8(9)10/h2-6,11H,7H2,1H3. The van der Waals surface area contributed by atoms with Gasteiger partial charge in [-0.1, -0.05) is 12.1 Å². The molecule has 0 aromatic heterocycles. The first-order valence-corrected chi connectivity index (χ1v) is 4.02. The van der Waals surface area contributed by atoms with Crippen molar-refractivity contribution >= 4 is 5.70 Å². The predicted molar refractivity (Wildman–Crippen MR) is 49.0 cm³/mol. The minimum absolute atomic E-state index is 0.660. The second kappa shape index (κ2) is 2.89. The molecular formula is C10H11NO. The minimum atomic E-state index is 0.660. The van der Waals surface area contributed by atoms with E-state index in [1.165, 1.54) is 0 Å². The van der Waals surface area contributed by atoms with Crippen LogP contribution in [0.15, 0.2) is 30.3 Å². The molecule has 2 heteroatoms. The van der Waals surface area contributed by atoms with Gasteiger partial charge in [-0.15, -0.1) is 0 Å². The quantitative estimate of drug-likeness (QED) is 0.676. The summed E-state index contributed by atoms with van der Waals surface area (Å²) in [6.45, 7) is 0.660. The van der Waals surface area contributed by atoms with Crippen molar-refractivity contribution in [3.05, 3.63) is 35.9 Å². The molecule has 1 aromatic carbocycles. The highest BCUT2D eigenvalue weighted by Crippen LogP contribution is 2.26. The van der Waals surface area contributed by atoms with E-state index in [1.54, 1.807) is 0 Å². The van der Waals surface area contributed by atoms with Gasteiger partial charge in [0, 0.05) is 18.3 Å². The third kappa shape index (κ3) is 1.05. The number of rotatable bonds is 1. The zero-order valence-electron chi connectivity index (χ0n) is 7.00. The zero-order valence-corrected chi connectivity index (χ0v) is 7.00. The van der Waals surface area contributed by atoms with Gasteiger partial charge in [-0.2, -0.15) is 0 Å². The van der Waals surface area contributed by atoms with Gasteiger partial charge in [0.2, 0.25) is 0 Å². The normalized spacial score (nSPS) is 14.2. The Hall–Kier alpha value is -1.44. The highest BCUT2D eigenvalue weighted by Gasteiger charge is 2.10. The van der Waals surface area contributed by atoms with Crippen molar-refractivity contribution in [2.45, 2.75) is 0 Å². The van der Waals surface area contributed by atoms with Crippen LogP contribution in [0.1, 0.15) is 5.56 Å². The summed E-state index contributed by atoms with van der Waals surface area (Å²) in [5.41, 5.74) is 2.29. The Balaban J connectivity index is 2.48. The lowest BCUT2D eigenvalue weighted by Gasteiger charge is -2.17. The summed E-state index contributed by atoms with van der Waals surface area (Å²) < 4.78 is 5.44. The van der Waals surface area contributed by atoms with Gasteiger partial charge in [-0.25, -0.2) is 0 Å². The molecular weight excluding hydrogens is 150 g/mol. The fourth-order valence-corrected chi connectivity index (χ4v) is 1.38. The van der Waals surface area contributed by atoms with E-state index in [9.17, 15) is 0 Å². The van der Waals surface area contributed by atoms with Crippen LogP contribution in [0.2, 0.25) is 0 Å². The number of hydrogen-bond donors (Lipinski definition) is 1. The van der Waals surface area contributed by atoms with Gasteiger partial charge in [0.05, 0.1) is 0 Å². The van der Waals surface area contributed by atoms with Gasteiger partial charge in [-0.05, 0) is 18.2 Å². The summed E-state index contributed by atoms with van der Waals surface area (Å²) in [5.74, 6) is 0.962. The van der Waals surface area contributed by atoms with Crippen molar-refractivity contribution < 1.29 is 4.74 Å². The van der Waals surface area contributed by atoms with Crippen LogP contribution in [-0.2, 0) is 0 Å². The van der Waals surface area contributed by atoms with Crippen LogP contribution >= 0.6 is 0 Å². The maximum atomic E-state index is 5.44. The summed E-state index contributed by atoms with van der Waals surface area (Å²) in [7, 11) is 1.92. The van der Waals surface area contributed by atoms with Crippen LogP contribution in [0.4, 0.5) is 0 Å². The van der Waals surface area contributed by atoms with Gasteiger partial charge in [0.1, 0.15) is 12.4 Å². The van der Waals surface area contributed by atoms with Gasteiger partial charge >= 0.3 is 0 Å². The molecule has 1 aliphatic rings. The van der Waals surface area contributed by atoms with Crippen LogP contribution in [0.3, 0.4) is 0 Å². The molecule has 1 aliphatic heterocycles. The highest BCUT2D eigenvalue weighted by atomic mass is 16.5. The van der Waals surface area contributed by atoms with Crippen molar-refractivity contribution in [3.63, 3.8) is 0 Å². The largest absolute Gasteiger partial charge is 0.489 e. The van der Waals surface area contributed by atoms with E-state index in [2.05, 4.69) is 11.4 Å². The molecule has 12 heavy (non-hydrogen) atoms. The number of nitrogens with one attached hydrogen (secondary N) is 1. The summed E-state index contributed by atoms with van der Waals surface area (Å²) in [5, 5.41) is 3.14. The fraction of sp³-hybridized carbons (Fsp3) is 0.200. The number of ether oxygens (including phenoxy) is 1. The molecule has 0 aliphatic carbocycles. The van der Waals surface area contributed by atoms with Gasteiger partial charge in [0.25, 0.3) is 0 Å². The Morgan fingerprint density at radius 1 is 1.33 bits per heavy atom. The predicted octanol–water partition coefficient (Wildman–Crippen LogP) is 1.64. The van der Waals surface area contributed by atoms with Gasteiger partial charge < -0.3 is 10.1 Å². The van der Waals surface area contributed by atoms with E-state index in [4.69, 9.17) is 4.74 Å². The third-order valence-corrected chi connectivity index (χ3v) is 1.97. The van der Waals surface area contributed by atoms with E-state index in [0.29, 0.717) is 6.61 Å². The van der Waals surface area contributed by atoms with Crippen molar-refractivity contribution in [2.75, 3.05) is 13.7 Å². The Kier molecular flexibility index (Phi) is 1.74. The second-order valence-electron chi connectivity index (χ2n) is 2.67. The maximum Gasteiger partial charge on any atom is 0.129 e. The number of para-hydroxylation sites is 1. The highest BCUT2D eigenvalue weighted by molar-refractivity contribution is 5.70. The van der Waals surface area contributed by atoms with Crippen molar-refractivity contribution in [3.8, 4) is 5.75 Å². The Labute approximate surface area is 71.9 Å². The monoisotopic (exact) mass is 161 g/mol. The lowest BCUT2D eigenvalue weighted by atomic mass is 10.1. The second-order valence-corrected chi connectivity index (χ2v) is 2.67. The van der Waals surface area contributed by atoms with E-state index in [0.717, 1.165) is 17.0 Å². The number of hydrogen-bond acceptors (Lipinski definition) is 2. The average Bonchev–Trinajstić information content (AvgIpc) is 2.17. The first-order chi connectivity index (χ1) is 5.92. The van der Waals surface area contributed by atoms with Crippen LogP contribution in [0.5, 0.6) is 5.75 Å². The lowest BCUT2D eigenvalue weighted by Crippen LogP contribution is -2.12. The van der Waals surface area contributed by atoms with Crippen molar-refractivity contribution in [1.29, 1.82) is 0 Å². The molecule has 0 saturated heterocycles. The molecule has 1 N–H and O–H groups in total. The summed E-state index contributed by atoms with van der Waals surface area (Å²) in [6.07, 6.45) is 2.04. The summed E-state index contributed by atoms with van der Waals surface area (Å²) in [6, 6.07) is 8.03. The molecule has 1 aromatic rings. The number of benzene rings is 1. The van der Waals surface area contributed by atoms with Crippen LogP contribution in [-0.4, -0.2) is 13.7 Å². The number of fused-ring (bicyclic) bond motifs is 1. The van der Waals surface area contributed by atoms with E-state index in [1.807, 2.05) is 31.3 Å². The molecule has 0 spiro atoms. The van der Waals surface area contributed by atoms with E-state index < -0.39 is 0 Å². The van der Waals surface area contributed by atoms with E-state index >= 15 is 0 Å². The molecule has 0 unspecified atom stereocenters. The maximum absolute atomic E-state index is 5.44. The molecule has 1 heterocycles. The van der Waals surface area contributed by atoms with Crippen LogP contribution < -0.4 is 10.1 Å². The molecule has 2 rings (SSSR count). The van der Waals surface area contributed by atoms with Crippen molar-refractivity contribution in [2.24, 2.45) is 0 Å². The third-order valence-electron chi connectivity index (χ3n) is 1.97. The smallest absolute Gasteiger partial charge is 0.129 e. The van der Waals surface area contributed by atoms with E-state index in [-0.39, 0.29) is 0 Å². The first kappa shape index (κ1) is 7.22. The molecule has 0 bridgehead atoms. The summed E-state index contributed by atoms with van der Waals surface area (Å²) >= 11 is 0. The van der Waals surface area contributed by atoms with Gasteiger partial charge in [0.15, 0.2) is 0 Å². The van der Waals surface area contributed by atoms with Crippen molar-refractivity contribution in [1.82, 2.24) is 5.32 Å². The molecule has 0 fully saturated rings. The molecule has 62 valence electrons. The first-order valence-electron chi connectivity index (χ1n) is 4.02. The molecule has 0 atom stereocenters. The average molecular weight is 161 g/mol. The van der Waals surface area contributed by atoms with Crippen LogP contribution in [0.25, 0.3) is 5.70 Å². The zero-order chi connectivity index (χ0) is 8.39. The van der Waals surface area contributed by atoms with Crippen LogP contribution in [0, 0.1) is 0 Å². The molecule has 0 saturated carbocycles. The fourth-order valence-electron chi connectivity index (χ4n) is 1.38. The molecule has 0 radical (unpaired) electrons. The molecule has 0 amide bonds. The lowest BCUT2D eigenvalue weighted by molar-refractivity contribution is 0.356. The minimum Gasteiger partial charge on any atom is -0.489 e. The SMILES string of the molecule is CNC1=CCOc2ccccc21. The topological polar surface area (TPSA) is 21.3 Å². The van der Waals surface area contributed by atoms with Gasteiger partial charge in [-0.3, -0.25) is 0 Å².